The van der Waals surface area contributed by atoms with E-state index < -0.39 is 9.84 Å². The standard InChI is InChI=1S/C22H27BrN2O4S2/c1-13(2)29-22(26)25-16-6-3-14(4-7-16)21-24-12-19(30-21)18-10-5-15(23)11-20(18)31(27,28)17-8-9-17/h5,10-14,16-17H,3-4,6-9H2,1-2H3,(H,25,26)/t14-,16-. The van der Waals surface area contributed by atoms with Gasteiger partial charge in [-0.1, -0.05) is 22.0 Å². The van der Waals surface area contributed by atoms with Gasteiger partial charge in [0.25, 0.3) is 0 Å². The molecule has 9 heteroatoms. The summed E-state index contributed by atoms with van der Waals surface area (Å²) in [5.74, 6) is 0.330. The largest absolute Gasteiger partial charge is 0.447 e. The number of nitrogens with zero attached hydrogens (tertiary/aromatic N) is 1. The van der Waals surface area contributed by atoms with Crippen molar-refractivity contribution in [3.05, 3.63) is 33.9 Å². The molecule has 0 saturated heterocycles. The molecule has 1 aromatic carbocycles. The Bertz CT molecular complexity index is 1060. The zero-order valence-corrected chi connectivity index (χ0v) is 20.9. The molecule has 0 radical (unpaired) electrons. The van der Waals surface area contributed by atoms with E-state index >= 15 is 0 Å². The summed E-state index contributed by atoms with van der Waals surface area (Å²) in [7, 11) is -3.31. The molecule has 4 rings (SSSR count). The molecule has 2 saturated carbocycles. The molecule has 2 aromatic rings. The Balaban J connectivity index is 1.46. The van der Waals surface area contributed by atoms with E-state index in [4.69, 9.17) is 4.74 Å². The first kappa shape index (κ1) is 22.7. The quantitative estimate of drug-likeness (QED) is 0.523. The first-order valence-corrected chi connectivity index (χ1v) is 13.9. The van der Waals surface area contributed by atoms with E-state index in [1.807, 2.05) is 26.0 Å². The summed E-state index contributed by atoms with van der Waals surface area (Å²) in [6.45, 7) is 3.67. The Hall–Kier alpha value is -1.45. The monoisotopic (exact) mass is 526 g/mol. The van der Waals surface area contributed by atoms with Crippen LogP contribution < -0.4 is 5.32 Å². The summed E-state index contributed by atoms with van der Waals surface area (Å²) in [5.41, 5.74) is 0.741. The van der Waals surface area contributed by atoms with Crippen molar-refractivity contribution >= 4 is 43.2 Å². The highest BCUT2D eigenvalue weighted by Gasteiger charge is 2.38. The smallest absolute Gasteiger partial charge is 0.407 e. The second-order valence-electron chi connectivity index (χ2n) is 8.59. The number of carbonyl (C=O) groups is 1. The number of halogens is 1. The maximum Gasteiger partial charge on any atom is 0.407 e. The van der Waals surface area contributed by atoms with Crippen LogP contribution in [0.2, 0.25) is 0 Å². The van der Waals surface area contributed by atoms with Crippen LogP contribution in [-0.2, 0) is 14.6 Å². The summed E-state index contributed by atoms with van der Waals surface area (Å²) < 4.78 is 31.9. The Labute approximate surface area is 195 Å². The SMILES string of the molecule is CC(C)OC(=O)N[C@H]1CC[C@H](c2ncc(-c3ccc(Br)cc3S(=O)(=O)C3CC3)s2)CC1. The normalized spacial score (nSPS) is 21.8. The predicted octanol–water partition coefficient (Wildman–Crippen LogP) is 5.67. The zero-order chi connectivity index (χ0) is 22.2. The first-order chi connectivity index (χ1) is 14.7. The van der Waals surface area contributed by atoms with Crippen molar-refractivity contribution in [2.45, 2.75) is 80.6 Å². The van der Waals surface area contributed by atoms with Gasteiger partial charge in [0, 0.05) is 28.2 Å². The molecule has 2 aliphatic carbocycles. The third kappa shape index (κ3) is 5.31. The molecule has 0 spiro atoms. The van der Waals surface area contributed by atoms with Crippen LogP contribution in [0, 0.1) is 0 Å². The minimum atomic E-state index is -3.31. The van der Waals surface area contributed by atoms with Gasteiger partial charge in [0.05, 0.1) is 26.1 Å². The van der Waals surface area contributed by atoms with Crippen LogP contribution in [0.3, 0.4) is 0 Å². The van der Waals surface area contributed by atoms with Gasteiger partial charge in [-0.25, -0.2) is 18.2 Å². The average molecular weight is 528 g/mol. The Morgan fingerprint density at radius 3 is 2.55 bits per heavy atom. The molecule has 1 heterocycles. The van der Waals surface area contributed by atoms with Gasteiger partial charge in [-0.05, 0) is 64.5 Å². The number of hydrogen-bond donors (Lipinski definition) is 1. The van der Waals surface area contributed by atoms with Crippen LogP contribution in [0.1, 0.15) is 63.3 Å². The van der Waals surface area contributed by atoms with E-state index in [2.05, 4.69) is 26.2 Å². The summed E-state index contributed by atoms with van der Waals surface area (Å²) in [4.78, 5) is 17.8. The van der Waals surface area contributed by atoms with Gasteiger partial charge >= 0.3 is 6.09 Å². The van der Waals surface area contributed by atoms with E-state index in [1.165, 1.54) is 0 Å². The van der Waals surface area contributed by atoms with Gasteiger partial charge < -0.3 is 10.1 Å². The molecule has 1 aromatic heterocycles. The van der Waals surface area contributed by atoms with Crippen molar-refractivity contribution in [3.63, 3.8) is 0 Å². The summed E-state index contributed by atoms with van der Waals surface area (Å²) in [5, 5.41) is 3.74. The topological polar surface area (TPSA) is 85.4 Å². The number of ether oxygens (including phenoxy) is 1. The highest BCUT2D eigenvalue weighted by molar-refractivity contribution is 9.10. The minimum Gasteiger partial charge on any atom is -0.447 e. The van der Waals surface area contributed by atoms with Crippen LogP contribution in [0.15, 0.2) is 33.8 Å². The molecule has 1 N–H and O–H groups in total. The Morgan fingerprint density at radius 1 is 1.19 bits per heavy atom. The lowest BCUT2D eigenvalue weighted by Gasteiger charge is -2.28. The van der Waals surface area contributed by atoms with E-state index in [1.54, 1.807) is 23.6 Å². The fraction of sp³-hybridized carbons (Fsp3) is 0.545. The van der Waals surface area contributed by atoms with Crippen LogP contribution in [0.4, 0.5) is 4.79 Å². The number of nitrogens with one attached hydrogen (secondary N) is 1. The predicted molar refractivity (Wildman–Crippen MR) is 125 cm³/mol. The highest BCUT2D eigenvalue weighted by Crippen LogP contribution is 2.42. The van der Waals surface area contributed by atoms with E-state index in [0.29, 0.717) is 10.8 Å². The number of rotatable bonds is 6. The molecule has 0 aliphatic heterocycles. The molecule has 31 heavy (non-hydrogen) atoms. The average Bonchev–Trinajstić information content (AvgIpc) is 3.47. The van der Waals surface area contributed by atoms with Gasteiger partial charge in [-0.2, -0.15) is 0 Å². The van der Waals surface area contributed by atoms with E-state index in [-0.39, 0.29) is 23.5 Å². The number of aromatic nitrogens is 1. The van der Waals surface area contributed by atoms with Gasteiger partial charge in [0.15, 0.2) is 9.84 Å². The summed E-state index contributed by atoms with van der Waals surface area (Å²) in [6.07, 6.45) is 6.44. The fourth-order valence-corrected chi connectivity index (χ4v) is 7.59. The number of alkyl carbamates (subject to hydrolysis) is 1. The maximum absolute atomic E-state index is 13.0. The van der Waals surface area contributed by atoms with E-state index in [0.717, 1.165) is 58.4 Å². The maximum atomic E-state index is 13.0. The molecule has 6 nitrogen and oxygen atoms in total. The fourth-order valence-electron chi connectivity index (χ4n) is 3.99. The van der Waals surface area contributed by atoms with Gasteiger partial charge in [-0.3, -0.25) is 0 Å². The molecule has 0 unspecified atom stereocenters. The minimum absolute atomic E-state index is 0.127. The van der Waals surface area contributed by atoms with Gasteiger partial charge in [-0.15, -0.1) is 11.3 Å². The lowest BCUT2D eigenvalue weighted by Crippen LogP contribution is -2.38. The number of benzene rings is 1. The summed E-state index contributed by atoms with van der Waals surface area (Å²) in [6, 6.07) is 5.60. The molecule has 2 aliphatic rings. The third-order valence-electron chi connectivity index (χ3n) is 5.74. The van der Waals surface area contributed by atoms with Crippen molar-refractivity contribution in [1.82, 2.24) is 10.3 Å². The van der Waals surface area contributed by atoms with Crippen LogP contribution in [0.25, 0.3) is 10.4 Å². The molecule has 168 valence electrons. The molecular formula is C22H27BrN2O4S2. The lowest BCUT2D eigenvalue weighted by molar-refractivity contribution is 0.109. The lowest BCUT2D eigenvalue weighted by atomic mass is 9.86. The molecular weight excluding hydrogens is 500 g/mol. The molecule has 1 amide bonds. The van der Waals surface area contributed by atoms with Crippen molar-refractivity contribution in [1.29, 1.82) is 0 Å². The summed E-state index contributed by atoms with van der Waals surface area (Å²) >= 11 is 5.00. The highest BCUT2D eigenvalue weighted by atomic mass is 79.9. The number of hydrogen-bond acceptors (Lipinski definition) is 6. The van der Waals surface area contributed by atoms with Crippen molar-refractivity contribution in [2.24, 2.45) is 0 Å². The first-order valence-electron chi connectivity index (χ1n) is 10.7. The second kappa shape index (κ2) is 9.19. The zero-order valence-electron chi connectivity index (χ0n) is 17.6. The van der Waals surface area contributed by atoms with Crippen LogP contribution in [-0.4, -0.2) is 36.9 Å². The Kier molecular flexibility index (Phi) is 6.74. The molecule has 2 fully saturated rings. The van der Waals surface area contributed by atoms with Crippen molar-refractivity contribution in [2.75, 3.05) is 0 Å². The van der Waals surface area contributed by atoms with Crippen LogP contribution in [0.5, 0.6) is 0 Å². The van der Waals surface area contributed by atoms with Gasteiger partial charge in [0.1, 0.15) is 0 Å². The molecule has 0 bridgehead atoms. The number of carbonyl (C=O) groups excluding carboxylic acids is 1. The number of sulfone groups is 1. The Morgan fingerprint density at radius 2 is 1.90 bits per heavy atom. The van der Waals surface area contributed by atoms with Gasteiger partial charge in [0.2, 0.25) is 0 Å². The second-order valence-corrected chi connectivity index (χ2v) is 12.8. The van der Waals surface area contributed by atoms with Crippen LogP contribution >= 0.6 is 27.3 Å². The molecule has 0 atom stereocenters. The third-order valence-corrected chi connectivity index (χ3v) is 9.73. The van der Waals surface area contributed by atoms with E-state index in [9.17, 15) is 13.2 Å². The van der Waals surface area contributed by atoms with Crippen molar-refractivity contribution in [3.8, 4) is 10.4 Å². The van der Waals surface area contributed by atoms with Crippen molar-refractivity contribution < 1.29 is 17.9 Å². The number of amides is 1. The number of thiazole rings is 1.